The van der Waals surface area contributed by atoms with Crippen molar-refractivity contribution in [1.82, 2.24) is 0 Å². The van der Waals surface area contributed by atoms with Crippen molar-refractivity contribution >= 4 is 35.5 Å². The number of alkyl halides is 1. The van der Waals surface area contributed by atoms with Crippen molar-refractivity contribution in [2.75, 3.05) is 19.8 Å². The largest absolute Gasteiger partial charge is 0.509 e. The number of carbonyl (C=O) groups excluding carboxylic acids is 4. The molecule has 216 valence electrons. The molecule has 0 aliphatic heterocycles. The molecule has 0 spiro atoms. The highest BCUT2D eigenvalue weighted by molar-refractivity contribution is 6.26. The summed E-state index contributed by atoms with van der Waals surface area (Å²) in [6.45, 7) is 8.63. The summed E-state index contributed by atoms with van der Waals surface area (Å²) in [5.74, 6) is -1.66. The number of carbonyl (C=O) groups is 4. The number of fused-ring (bicyclic) bond motifs is 5. The van der Waals surface area contributed by atoms with Crippen molar-refractivity contribution in [3.8, 4) is 0 Å². The van der Waals surface area contributed by atoms with Gasteiger partial charge in [-0.1, -0.05) is 39.3 Å². The molecule has 0 aromatic carbocycles. The lowest BCUT2D eigenvalue weighted by molar-refractivity contribution is -0.185. The molecule has 4 rings (SSSR count). The first-order valence-corrected chi connectivity index (χ1v) is 14.2. The van der Waals surface area contributed by atoms with E-state index in [1.807, 2.05) is 27.7 Å². The summed E-state index contributed by atoms with van der Waals surface area (Å²) < 4.78 is 21.1. The van der Waals surface area contributed by atoms with Crippen molar-refractivity contribution in [2.45, 2.75) is 83.3 Å². The van der Waals surface area contributed by atoms with Crippen LogP contribution in [0.15, 0.2) is 23.8 Å². The zero-order chi connectivity index (χ0) is 28.8. The molecule has 3 fully saturated rings. The number of ketones is 2. The van der Waals surface area contributed by atoms with Crippen LogP contribution in [-0.2, 0) is 28.5 Å². The second-order valence-corrected chi connectivity index (χ2v) is 12.4. The highest BCUT2D eigenvalue weighted by Crippen LogP contribution is 2.72. The Morgan fingerprint density at radius 1 is 1.10 bits per heavy atom. The third-order valence-electron chi connectivity index (χ3n) is 9.85. The number of hydrogen-bond acceptors (Lipinski definition) is 9. The fourth-order valence-corrected chi connectivity index (χ4v) is 8.66. The van der Waals surface area contributed by atoms with Gasteiger partial charge < -0.3 is 24.1 Å². The van der Waals surface area contributed by atoms with Crippen LogP contribution in [0, 0.1) is 28.6 Å². The Labute approximate surface area is 234 Å². The molecule has 0 amide bonds. The van der Waals surface area contributed by atoms with Crippen LogP contribution < -0.4 is 0 Å². The smallest absolute Gasteiger partial charge is 0.435 e. The predicted octanol–water partition coefficient (Wildman–Crippen LogP) is 4.92. The average molecular weight is 567 g/mol. The number of halogens is 1. The van der Waals surface area contributed by atoms with Crippen molar-refractivity contribution in [3.63, 3.8) is 0 Å². The molecular weight excluding hydrogens is 528 g/mol. The molecule has 1 unspecified atom stereocenters. The Balaban J connectivity index is 1.76. The van der Waals surface area contributed by atoms with Gasteiger partial charge in [-0.05, 0) is 63.0 Å². The molecule has 9 nitrogen and oxygen atoms in total. The van der Waals surface area contributed by atoms with E-state index in [1.165, 1.54) is 6.08 Å². The Morgan fingerprint density at radius 2 is 1.82 bits per heavy atom. The maximum Gasteiger partial charge on any atom is 0.509 e. The first kappa shape index (κ1) is 29.6. The maximum absolute atomic E-state index is 14.0. The lowest BCUT2D eigenvalue weighted by Crippen LogP contribution is -2.69. The molecule has 8 atom stereocenters. The van der Waals surface area contributed by atoms with Crippen LogP contribution in [-0.4, -0.2) is 65.4 Å². The molecule has 4 aliphatic carbocycles. The molecule has 0 saturated heterocycles. The van der Waals surface area contributed by atoms with Gasteiger partial charge >= 0.3 is 12.3 Å². The summed E-state index contributed by atoms with van der Waals surface area (Å²) in [6.07, 6.45) is 4.17. The number of hydrogen-bond donors (Lipinski definition) is 1. The minimum atomic E-state index is -1.73. The van der Waals surface area contributed by atoms with Gasteiger partial charge in [0.05, 0.1) is 24.2 Å². The molecule has 0 aromatic rings. The Bertz CT molecular complexity index is 1100. The minimum absolute atomic E-state index is 0.0544. The number of rotatable bonds is 7. The van der Waals surface area contributed by atoms with Gasteiger partial charge in [-0.2, -0.15) is 0 Å². The Hall–Kier alpha value is -2.39. The topological polar surface area (TPSA) is 125 Å². The van der Waals surface area contributed by atoms with Crippen LogP contribution in [0.3, 0.4) is 0 Å². The molecule has 10 heteroatoms. The van der Waals surface area contributed by atoms with E-state index in [2.05, 4.69) is 0 Å². The Morgan fingerprint density at radius 3 is 2.49 bits per heavy atom. The van der Waals surface area contributed by atoms with E-state index in [9.17, 15) is 24.3 Å². The second-order valence-electron chi connectivity index (χ2n) is 11.7. The Kier molecular flexibility index (Phi) is 8.00. The van der Waals surface area contributed by atoms with E-state index >= 15 is 0 Å². The summed E-state index contributed by atoms with van der Waals surface area (Å²) in [5.41, 5.74) is -2.65. The van der Waals surface area contributed by atoms with Gasteiger partial charge in [0.15, 0.2) is 18.0 Å². The van der Waals surface area contributed by atoms with Gasteiger partial charge in [-0.25, -0.2) is 9.59 Å². The summed E-state index contributed by atoms with van der Waals surface area (Å²) >= 11 is 7.49. The molecule has 0 heterocycles. The number of Topliss-reactive ketones (excluding diaryl/α,β-unsaturated/α-hetero) is 1. The molecule has 4 aliphatic rings. The number of aliphatic hydroxyl groups is 1. The lowest BCUT2D eigenvalue weighted by Gasteiger charge is -2.64. The van der Waals surface area contributed by atoms with E-state index in [0.29, 0.717) is 25.7 Å². The van der Waals surface area contributed by atoms with Crippen LogP contribution in [0.1, 0.15) is 66.7 Å². The van der Waals surface area contributed by atoms with E-state index in [1.54, 1.807) is 19.1 Å². The van der Waals surface area contributed by atoms with E-state index in [-0.39, 0.29) is 37.3 Å². The number of allylic oxidation sites excluding steroid dienone is 4. The molecule has 0 radical (unpaired) electrons. The molecular formula is C29H39ClO9. The first-order valence-electron chi connectivity index (χ1n) is 13.8. The highest BCUT2D eigenvalue weighted by Gasteiger charge is 2.76. The van der Waals surface area contributed by atoms with Gasteiger partial charge in [-0.15, -0.1) is 11.6 Å². The van der Waals surface area contributed by atoms with Crippen molar-refractivity contribution < 1.29 is 43.2 Å². The zero-order valence-corrected chi connectivity index (χ0v) is 24.0. The van der Waals surface area contributed by atoms with Crippen molar-refractivity contribution in [2.24, 2.45) is 28.6 Å². The zero-order valence-electron chi connectivity index (χ0n) is 23.3. The third-order valence-corrected chi connectivity index (χ3v) is 10.8. The van der Waals surface area contributed by atoms with E-state index < -0.39 is 58.0 Å². The van der Waals surface area contributed by atoms with Crippen LogP contribution in [0.2, 0.25) is 0 Å². The quantitative estimate of drug-likeness (QED) is 0.337. The maximum atomic E-state index is 14.0. The molecule has 0 bridgehead atoms. The van der Waals surface area contributed by atoms with Crippen molar-refractivity contribution in [3.05, 3.63) is 23.8 Å². The van der Waals surface area contributed by atoms with Gasteiger partial charge in [0, 0.05) is 16.7 Å². The van der Waals surface area contributed by atoms with E-state index in [0.717, 1.165) is 5.57 Å². The van der Waals surface area contributed by atoms with Crippen LogP contribution >= 0.6 is 11.6 Å². The number of ether oxygens (including phenoxy) is 4. The molecule has 0 aromatic heterocycles. The van der Waals surface area contributed by atoms with Crippen LogP contribution in [0.25, 0.3) is 0 Å². The monoisotopic (exact) mass is 566 g/mol. The fraction of sp³-hybridized carbons (Fsp3) is 0.724. The summed E-state index contributed by atoms with van der Waals surface area (Å²) in [5, 5.41) is 11.8. The molecule has 1 N–H and O–H groups in total. The molecule has 3 saturated carbocycles. The van der Waals surface area contributed by atoms with Gasteiger partial charge in [-0.3, -0.25) is 9.59 Å². The summed E-state index contributed by atoms with van der Waals surface area (Å²) in [6, 6.07) is 0. The van der Waals surface area contributed by atoms with E-state index in [4.69, 9.17) is 30.5 Å². The third kappa shape index (κ3) is 4.31. The highest BCUT2D eigenvalue weighted by atomic mass is 35.5. The average Bonchev–Trinajstić information content (AvgIpc) is 3.09. The summed E-state index contributed by atoms with van der Waals surface area (Å²) in [4.78, 5) is 49.8. The standard InChI is InChI=1S/C29H39ClO9/c1-6-12-37-25(35)39-29(23(33)16-38-24(34)36-7-2)17(3)13-21-20-9-8-18-14-19(31)10-11-26(18,4)28(20,30)22(32)15-27(21,29)5/h10-11,14,17,20-22,32H,6-9,12-13,15-16H2,1-5H3/t17-,20+,21+,22?,26+,27+,28+,29+/m1/s1. The fourth-order valence-electron chi connectivity index (χ4n) is 8.14. The lowest BCUT2D eigenvalue weighted by atomic mass is 9.45. The van der Waals surface area contributed by atoms with Gasteiger partial charge in [0.1, 0.15) is 0 Å². The molecule has 39 heavy (non-hydrogen) atoms. The predicted molar refractivity (Wildman–Crippen MR) is 141 cm³/mol. The summed E-state index contributed by atoms with van der Waals surface area (Å²) in [7, 11) is 0. The normalized spacial score (nSPS) is 40.5. The van der Waals surface area contributed by atoms with Crippen molar-refractivity contribution in [1.29, 1.82) is 0 Å². The number of aliphatic hydroxyl groups excluding tert-OH is 1. The van der Waals surface area contributed by atoms with Crippen LogP contribution in [0.5, 0.6) is 0 Å². The minimum Gasteiger partial charge on any atom is -0.435 e. The van der Waals surface area contributed by atoms with Crippen LogP contribution in [0.4, 0.5) is 9.59 Å². The first-order chi connectivity index (χ1) is 18.3. The SMILES string of the molecule is CCCOC(=O)O[C@]1(C(=O)COC(=O)OCC)[C@H](C)C[C@H]2[C@@H]3CCC4=CC(=O)C=C[C@]4(C)[C@@]3(Cl)C(O)C[C@@]21C. The second kappa shape index (κ2) is 10.5. The van der Waals surface area contributed by atoms with Gasteiger partial charge in [0.2, 0.25) is 5.78 Å². The van der Waals surface area contributed by atoms with Gasteiger partial charge in [0.25, 0.3) is 0 Å².